The number of carbonyl (C=O) groups is 1. The summed E-state index contributed by atoms with van der Waals surface area (Å²) in [7, 11) is -7.45. The molecular formula is C24H23FN2O5S2. The van der Waals surface area contributed by atoms with Crippen LogP contribution >= 0.6 is 0 Å². The molecule has 1 saturated heterocycles. The smallest absolute Gasteiger partial charge is 0.245 e. The van der Waals surface area contributed by atoms with E-state index < -0.39 is 37.6 Å². The molecule has 1 N–H and O–H groups in total. The molecule has 1 unspecified atom stereocenters. The monoisotopic (exact) mass is 502 g/mol. The van der Waals surface area contributed by atoms with Crippen LogP contribution < -0.4 is 9.62 Å². The third-order valence-corrected chi connectivity index (χ3v) is 8.27. The lowest BCUT2D eigenvalue weighted by Gasteiger charge is -2.32. The molecular weight excluding hydrogens is 479 g/mol. The van der Waals surface area contributed by atoms with Gasteiger partial charge in [-0.25, -0.2) is 21.2 Å². The van der Waals surface area contributed by atoms with Crippen LogP contribution in [0.15, 0.2) is 82.6 Å². The summed E-state index contributed by atoms with van der Waals surface area (Å²) < 4.78 is 67.2. The lowest BCUT2D eigenvalue weighted by Crippen LogP contribution is -2.52. The zero-order chi connectivity index (χ0) is 24.5. The van der Waals surface area contributed by atoms with E-state index in [0.717, 1.165) is 6.26 Å². The summed E-state index contributed by atoms with van der Waals surface area (Å²) in [6.45, 7) is 0.235. The van der Waals surface area contributed by atoms with Crippen molar-refractivity contribution in [2.45, 2.75) is 28.7 Å². The molecule has 1 heterocycles. The second kappa shape index (κ2) is 9.28. The van der Waals surface area contributed by atoms with E-state index in [-0.39, 0.29) is 22.0 Å². The molecule has 178 valence electrons. The number of halogens is 1. The van der Waals surface area contributed by atoms with Gasteiger partial charge in [0, 0.05) is 18.4 Å². The van der Waals surface area contributed by atoms with Crippen LogP contribution in [-0.2, 0) is 24.7 Å². The minimum absolute atomic E-state index is 0.00851. The maximum Gasteiger partial charge on any atom is 0.245 e. The van der Waals surface area contributed by atoms with E-state index in [2.05, 4.69) is 4.72 Å². The Hall–Kier alpha value is -3.08. The van der Waals surface area contributed by atoms with E-state index in [9.17, 15) is 21.6 Å². The first-order valence-electron chi connectivity index (χ1n) is 10.6. The summed E-state index contributed by atoms with van der Waals surface area (Å²) in [6.07, 6.45) is 1.86. The number of hydrogen-bond acceptors (Lipinski definition) is 5. The minimum Gasteiger partial charge on any atom is -0.308 e. The van der Waals surface area contributed by atoms with Crippen LogP contribution in [0.4, 0.5) is 10.1 Å². The SMILES string of the molecule is CS(=O)(=O)c1ccccc1-c1ccc(N2CCCC(NS(=O)(=O)c3ccccc3)C2=O)c(F)c1. The Kier molecular flexibility index (Phi) is 6.57. The number of benzene rings is 3. The van der Waals surface area contributed by atoms with Crippen LogP contribution in [0.3, 0.4) is 0 Å². The molecule has 4 rings (SSSR count). The second-order valence-corrected chi connectivity index (χ2v) is 11.8. The second-order valence-electron chi connectivity index (χ2n) is 8.05. The number of amides is 1. The van der Waals surface area contributed by atoms with Crippen LogP contribution in [0.2, 0.25) is 0 Å². The average Bonchev–Trinajstić information content (AvgIpc) is 2.81. The lowest BCUT2D eigenvalue weighted by molar-refractivity contribution is -0.121. The fourth-order valence-corrected chi connectivity index (χ4v) is 6.16. The summed E-state index contributed by atoms with van der Waals surface area (Å²) >= 11 is 0. The quantitative estimate of drug-likeness (QED) is 0.557. The van der Waals surface area contributed by atoms with Crippen molar-refractivity contribution in [3.8, 4) is 11.1 Å². The molecule has 0 saturated carbocycles. The molecule has 0 aliphatic carbocycles. The van der Waals surface area contributed by atoms with Gasteiger partial charge in [0.05, 0.1) is 15.5 Å². The van der Waals surface area contributed by atoms with E-state index in [0.29, 0.717) is 24.0 Å². The van der Waals surface area contributed by atoms with E-state index in [4.69, 9.17) is 0 Å². The van der Waals surface area contributed by atoms with Gasteiger partial charge >= 0.3 is 0 Å². The first kappa shape index (κ1) is 24.1. The Morgan fingerprint density at radius 3 is 2.29 bits per heavy atom. The zero-order valence-electron chi connectivity index (χ0n) is 18.3. The Balaban J connectivity index is 1.61. The number of anilines is 1. The van der Waals surface area contributed by atoms with E-state index in [1.807, 2.05) is 0 Å². The summed E-state index contributed by atoms with van der Waals surface area (Å²) in [4.78, 5) is 14.4. The highest BCUT2D eigenvalue weighted by molar-refractivity contribution is 7.91. The molecule has 1 aliphatic heterocycles. The largest absolute Gasteiger partial charge is 0.308 e. The van der Waals surface area contributed by atoms with Gasteiger partial charge in [-0.2, -0.15) is 4.72 Å². The number of rotatable bonds is 6. The third-order valence-electron chi connectivity index (χ3n) is 5.63. The number of nitrogens with zero attached hydrogens (tertiary/aromatic N) is 1. The molecule has 1 fully saturated rings. The normalized spacial score (nSPS) is 17.1. The predicted octanol–water partition coefficient (Wildman–Crippen LogP) is 3.37. The van der Waals surface area contributed by atoms with Gasteiger partial charge < -0.3 is 4.90 Å². The van der Waals surface area contributed by atoms with Crippen molar-refractivity contribution in [1.29, 1.82) is 0 Å². The molecule has 0 spiro atoms. The molecule has 1 atom stereocenters. The van der Waals surface area contributed by atoms with Crippen LogP contribution in [-0.4, -0.2) is 41.6 Å². The summed E-state index contributed by atoms with van der Waals surface area (Å²) in [6, 6.07) is 17.1. The van der Waals surface area contributed by atoms with Crippen LogP contribution in [0.1, 0.15) is 12.8 Å². The van der Waals surface area contributed by atoms with Gasteiger partial charge in [-0.1, -0.05) is 42.5 Å². The number of nitrogens with one attached hydrogen (secondary N) is 1. The highest BCUT2D eigenvalue weighted by Crippen LogP contribution is 2.32. The number of carbonyl (C=O) groups excluding carboxylic acids is 1. The number of piperidine rings is 1. The number of sulfonamides is 1. The molecule has 1 amide bonds. The van der Waals surface area contributed by atoms with Gasteiger partial charge in [0.1, 0.15) is 11.9 Å². The molecule has 1 aliphatic rings. The van der Waals surface area contributed by atoms with Gasteiger partial charge in [0.15, 0.2) is 9.84 Å². The maximum atomic E-state index is 15.2. The molecule has 3 aromatic rings. The topological polar surface area (TPSA) is 101 Å². The van der Waals surface area contributed by atoms with Crippen molar-refractivity contribution >= 4 is 31.5 Å². The van der Waals surface area contributed by atoms with Crippen molar-refractivity contribution in [2.75, 3.05) is 17.7 Å². The predicted molar refractivity (Wildman–Crippen MR) is 127 cm³/mol. The third kappa shape index (κ3) is 4.89. The molecule has 0 bridgehead atoms. The fraction of sp³-hybridized carbons (Fsp3) is 0.208. The molecule has 3 aromatic carbocycles. The first-order valence-corrected chi connectivity index (χ1v) is 13.9. The Bertz CT molecular complexity index is 1440. The van der Waals surface area contributed by atoms with Gasteiger partial charge in [0.2, 0.25) is 15.9 Å². The average molecular weight is 503 g/mol. The van der Waals surface area contributed by atoms with Crippen molar-refractivity contribution in [1.82, 2.24) is 4.72 Å². The van der Waals surface area contributed by atoms with Gasteiger partial charge in [0.25, 0.3) is 0 Å². The van der Waals surface area contributed by atoms with Gasteiger partial charge in [-0.05, 0) is 48.7 Å². The number of sulfone groups is 1. The zero-order valence-corrected chi connectivity index (χ0v) is 19.9. The molecule has 0 radical (unpaired) electrons. The molecule has 10 heteroatoms. The molecule has 7 nitrogen and oxygen atoms in total. The lowest BCUT2D eigenvalue weighted by atomic mass is 10.0. The van der Waals surface area contributed by atoms with Crippen LogP contribution in [0.25, 0.3) is 11.1 Å². The van der Waals surface area contributed by atoms with Gasteiger partial charge in [-0.15, -0.1) is 0 Å². The summed E-state index contributed by atoms with van der Waals surface area (Å²) in [5.74, 6) is -1.25. The van der Waals surface area contributed by atoms with Crippen molar-refractivity contribution in [3.63, 3.8) is 0 Å². The van der Waals surface area contributed by atoms with Crippen molar-refractivity contribution in [2.24, 2.45) is 0 Å². The maximum absolute atomic E-state index is 15.2. The minimum atomic E-state index is -3.92. The Labute approximate surface area is 198 Å². The van der Waals surface area contributed by atoms with E-state index in [1.165, 1.54) is 35.2 Å². The standard InChI is InChI=1S/C24H23FN2O5S2/c1-33(29,30)23-12-6-5-10-19(23)17-13-14-22(20(25)16-17)27-15-7-11-21(24(27)28)26-34(31,32)18-8-3-2-4-9-18/h2-6,8-10,12-14,16,21,26H,7,11,15H2,1H3. The van der Waals surface area contributed by atoms with E-state index >= 15 is 4.39 Å². The van der Waals surface area contributed by atoms with Crippen LogP contribution in [0.5, 0.6) is 0 Å². The summed E-state index contributed by atoms with van der Waals surface area (Å²) in [5, 5.41) is 0. The highest BCUT2D eigenvalue weighted by atomic mass is 32.2. The Morgan fingerprint density at radius 1 is 0.941 bits per heavy atom. The van der Waals surface area contributed by atoms with Crippen molar-refractivity contribution in [3.05, 3.63) is 78.6 Å². The fourth-order valence-electron chi connectivity index (χ4n) is 4.00. The Morgan fingerprint density at radius 2 is 1.62 bits per heavy atom. The van der Waals surface area contributed by atoms with E-state index in [1.54, 1.807) is 42.5 Å². The summed E-state index contributed by atoms with van der Waals surface area (Å²) in [5.41, 5.74) is 0.719. The first-order chi connectivity index (χ1) is 16.1. The van der Waals surface area contributed by atoms with Crippen molar-refractivity contribution < 1.29 is 26.0 Å². The molecule has 0 aromatic heterocycles. The highest BCUT2D eigenvalue weighted by Gasteiger charge is 2.34. The van der Waals surface area contributed by atoms with Gasteiger partial charge in [-0.3, -0.25) is 4.79 Å². The molecule has 34 heavy (non-hydrogen) atoms. The van der Waals surface area contributed by atoms with Crippen LogP contribution in [0, 0.1) is 5.82 Å². The number of hydrogen-bond donors (Lipinski definition) is 1.